The minimum Gasteiger partial charge on any atom is -0.468 e. The fraction of sp³-hybridized carbons (Fsp3) is 0.661. The molecule has 1 aliphatic carbocycles. The van der Waals surface area contributed by atoms with Gasteiger partial charge in [0.15, 0.2) is 11.9 Å². The van der Waals surface area contributed by atoms with E-state index >= 15 is 9.59 Å². The summed E-state index contributed by atoms with van der Waals surface area (Å²) < 4.78 is 33.1. The number of aromatic amines is 1. The Morgan fingerprint density at radius 1 is 0.988 bits per heavy atom. The first-order chi connectivity index (χ1) is 39.7. The number of methoxy groups -OCH3 is 3. The van der Waals surface area contributed by atoms with Crippen LogP contribution in [-0.4, -0.2) is 212 Å². The molecule has 21 nitrogen and oxygen atoms in total. The van der Waals surface area contributed by atoms with Gasteiger partial charge in [-0.05, 0) is 106 Å². The van der Waals surface area contributed by atoms with Crippen LogP contribution in [0.15, 0.2) is 72.0 Å². The van der Waals surface area contributed by atoms with Crippen molar-refractivity contribution in [3.63, 3.8) is 0 Å². The number of rotatable bonds is 25. The second kappa shape index (κ2) is 26.4. The number of esters is 3. The molecule has 7 N–H and O–H groups in total. The summed E-state index contributed by atoms with van der Waals surface area (Å²) in [6, 6.07) is 5.51. The highest BCUT2D eigenvalue weighted by Gasteiger charge is 2.79. The number of likely N-dealkylation sites (N-methyl/N-ethyl adjacent to an activating group) is 1. The van der Waals surface area contributed by atoms with Crippen molar-refractivity contribution in [1.82, 2.24) is 30.3 Å². The number of H-pyrrole nitrogens is 1. The first-order valence-electron chi connectivity index (χ1n) is 29.7. The van der Waals surface area contributed by atoms with Gasteiger partial charge in [0.1, 0.15) is 24.2 Å². The number of hydrogen-bond donors (Lipinski definition) is 7. The monoisotopic (exact) mass is 1160 g/mol. The molecule has 2 amide bonds. The predicted molar refractivity (Wildman–Crippen MR) is 308 cm³/mol. The lowest BCUT2D eigenvalue weighted by atomic mass is 9.47. The summed E-state index contributed by atoms with van der Waals surface area (Å²) in [5, 5.41) is 54.6. The zero-order valence-electron chi connectivity index (χ0n) is 49.8. The summed E-state index contributed by atoms with van der Waals surface area (Å²) in [5.74, 6) is -3.21. The molecule has 2 aromatic rings. The lowest BCUT2D eigenvalue weighted by molar-refractivity contribution is -0.222. The van der Waals surface area contributed by atoms with E-state index in [1.807, 2.05) is 75.2 Å². The van der Waals surface area contributed by atoms with Gasteiger partial charge in [0.25, 0.3) is 5.91 Å². The molecule has 6 aliphatic rings. The van der Waals surface area contributed by atoms with Gasteiger partial charge in [0.05, 0.1) is 44.7 Å². The summed E-state index contributed by atoms with van der Waals surface area (Å²) >= 11 is 0. The van der Waals surface area contributed by atoms with Crippen LogP contribution >= 0.6 is 0 Å². The molecule has 21 heteroatoms. The molecule has 4 fully saturated rings. The van der Waals surface area contributed by atoms with Crippen LogP contribution in [0.3, 0.4) is 0 Å². The molecule has 13 atom stereocenters. The maximum Gasteiger partial charge on any atom is 0.328 e. The molecule has 2 bridgehead atoms. The normalized spacial score (nSPS) is 32.1. The smallest absolute Gasteiger partial charge is 0.328 e. The van der Waals surface area contributed by atoms with Gasteiger partial charge in [0.2, 0.25) is 5.91 Å². The van der Waals surface area contributed by atoms with Crippen LogP contribution in [0.4, 0.5) is 0 Å². The maximum atomic E-state index is 15.4. The fourth-order valence-corrected chi connectivity index (χ4v) is 15.1. The lowest BCUT2D eigenvalue weighted by Crippen LogP contribution is -2.80. The number of aliphatic hydroxyl groups excluding tert-OH is 2. The van der Waals surface area contributed by atoms with Gasteiger partial charge in [-0.25, -0.2) is 4.79 Å². The van der Waals surface area contributed by atoms with Gasteiger partial charge in [-0.3, -0.25) is 29.0 Å². The molecule has 1 saturated carbocycles. The van der Waals surface area contributed by atoms with Gasteiger partial charge >= 0.3 is 17.9 Å². The molecule has 83 heavy (non-hydrogen) atoms. The van der Waals surface area contributed by atoms with Crippen LogP contribution in [0, 0.1) is 16.7 Å². The highest BCUT2D eigenvalue weighted by molar-refractivity contribution is 5.94. The van der Waals surface area contributed by atoms with E-state index < -0.39 is 93.8 Å². The van der Waals surface area contributed by atoms with E-state index in [9.17, 15) is 34.8 Å². The highest BCUT2D eigenvalue weighted by atomic mass is 16.7. The summed E-state index contributed by atoms with van der Waals surface area (Å²) in [4.78, 5) is 79.0. The summed E-state index contributed by atoms with van der Waals surface area (Å²) in [5.41, 5.74) is -2.73. The third-order valence-electron chi connectivity index (χ3n) is 19.0. The molecule has 0 radical (unpaired) electrons. The minimum absolute atomic E-state index is 0.0457. The molecule has 5 aliphatic heterocycles. The number of para-hydroxylation sites is 1. The third-order valence-corrected chi connectivity index (χ3v) is 19.0. The van der Waals surface area contributed by atoms with Crippen LogP contribution in [-0.2, 0) is 64.2 Å². The molecular weight excluding hydrogens is 1070 g/mol. The van der Waals surface area contributed by atoms with E-state index in [0.717, 1.165) is 22.0 Å². The molecule has 1 aromatic heterocycles. The van der Waals surface area contributed by atoms with Gasteiger partial charge in [-0.1, -0.05) is 63.8 Å². The fourth-order valence-electron chi connectivity index (χ4n) is 15.1. The Kier molecular flexibility index (Phi) is 20.2. The van der Waals surface area contributed by atoms with Crippen LogP contribution < -0.4 is 10.6 Å². The number of likely N-dealkylation sites (tertiary alicyclic amines) is 1. The van der Waals surface area contributed by atoms with E-state index in [2.05, 4.69) is 31.5 Å². The molecular formula is C62H90N6O15. The number of hydrogen-bond acceptors (Lipinski definition) is 18. The lowest BCUT2D eigenvalue weighted by Gasteiger charge is -2.63. The quantitative estimate of drug-likeness (QED) is 0.0247. The Morgan fingerprint density at radius 2 is 1.76 bits per heavy atom. The molecule has 8 rings (SSSR count). The van der Waals surface area contributed by atoms with Crippen LogP contribution in [0.5, 0.6) is 0 Å². The van der Waals surface area contributed by atoms with Crippen molar-refractivity contribution in [2.75, 3.05) is 94.1 Å². The molecule has 6 heterocycles. The first kappa shape index (κ1) is 63.5. The standard InChI is InChI=1S/C62H90N6O15/c1-10-42(36-69)83-50(79-8)37-82-49(71)21-15-20-48(70)64-40(5)52(72)81-30-17-26-63-56(74)62(77)54-60(25-29-68-27-16-24-59(12-3,53(60)68)55(62)73)45(47(66(54)6)23-31-78-7)32-39(4)61(57(75)80-9)34-41-33-58(76,11-2)38-67(35-41)28-22-44-43-18-13-14-19-46(43)65-51(44)61/h13-14,16,18-19,23-24,32,40-42,50,53-55,65,69,73,76-77H,4,10-12,15,17,20-22,25-31,33-38H2,1-3,5-9H3,(H,63,74)(H,64,70)/b45-32?,47-23+/t40-,41?,42?,50?,53?,54?,55-,58?,59-,60-,61+,62+/m1/s1. The number of benzene rings is 1. The molecule has 1 spiro atoms. The number of allylic oxidation sites excluding steroid dienone is 2. The number of nitrogens with one attached hydrogen (secondary N) is 3. The van der Waals surface area contributed by atoms with Gasteiger partial charge in [-0.15, -0.1) is 0 Å². The second-order valence-corrected chi connectivity index (χ2v) is 23.8. The summed E-state index contributed by atoms with van der Waals surface area (Å²) in [7, 11) is 6.20. The zero-order chi connectivity index (χ0) is 60.1. The number of ether oxygens (including phenoxy) is 6. The number of fused-ring (bicyclic) bond motifs is 5. The largest absolute Gasteiger partial charge is 0.468 e. The second-order valence-electron chi connectivity index (χ2n) is 23.8. The van der Waals surface area contributed by atoms with Gasteiger partial charge in [0, 0.05) is 106 Å². The average molecular weight is 1160 g/mol. The molecule has 7 unspecified atom stereocenters. The minimum atomic E-state index is -2.45. The number of amides is 2. The van der Waals surface area contributed by atoms with Crippen LogP contribution in [0.25, 0.3) is 10.9 Å². The molecule has 1 aromatic carbocycles. The van der Waals surface area contributed by atoms with Crippen LogP contribution in [0.2, 0.25) is 0 Å². The van der Waals surface area contributed by atoms with Crippen molar-refractivity contribution in [3.8, 4) is 0 Å². The number of aromatic nitrogens is 1. The van der Waals surface area contributed by atoms with E-state index in [0.29, 0.717) is 88.2 Å². The number of carbonyl (C=O) groups excluding carboxylic acids is 5. The summed E-state index contributed by atoms with van der Waals surface area (Å²) in [6.07, 6.45) is 8.38. The van der Waals surface area contributed by atoms with E-state index in [-0.39, 0.29) is 71.0 Å². The Labute approximate surface area is 487 Å². The Bertz CT molecular complexity index is 2800. The number of nitrogens with zero attached hydrogens (tertiary/aromatic N) is 3. The van der Waals surface area contributed by atoms with Crippen molar-refractivity contribution in [2.24, 2.45) is 16.7 Å². The van der Waals surface area contributed by atoms with E-state index in [1.54, 1.807) is 7.11 Å². The topological polar surface area (TPSA) is 271 Å². The maximum absolute atomic E-state index is 15.4. The van der Waals surface area contributed by atoms with Crippen molar-refractivity contribution in [2.45, 2.75) is 152 Å². The van der Waals surface area contributed by atoms with Crippen molar-refractivity contribution < 1.29 is 72.8 Å². The van der Waals surface area contributed by atoms with Gasteiger partial charge in [-0.2, -0.15) is 0 Å². The molecule has 458 valence electrons. The van der Waals surface area contributed by atoms with Crippen LogP contribution in [0.1, 0.15) is 103 Å². The van der Waals surface area contributed by atoms with E-state index in [1.165, 1.54) is 21.1 Å². The number of aliphatic hydroxyl groups is 4. The van der Waals surface area contributed by atoms with Crippen molar-refractivity contribution in [1.29, 1.82) is 0 Å². The Morgan fingerprint density at radius 3 is 2.46 bits per heavy atom. The summed E-state index contributed by atoms with van der Waals surface area (Å²) in [6.45, 7) is 14.7. The third kappa shape index (κ3) is 11.8. The number of piperidine rings is 1. The predicted octanol–water partition coefficient (Wildman–Crippen LogP) is 3.48. The first-order valence-corrected chi connectivity index (χ1v) is 29.7. The Hall–Kier alpha value is -5.49. The van der Waals surface area contributed by atoms with E-state index in [4.69, 9.17) is 35.0 Å². The SMILES string of the molecule is C=C(C=C1/C(=C\COC)N(C)C2[C@]13CCN1CC=C[C@](CC)(C13)[C@@H](O)[C@]2(O)C(=O)NCCCOC(=O)[C@@H](C)NC(=O)CCCC(=O)OCC(OC)OC(CC)CO)[C@@]1(C(=O)OC)CC2CN(CCc3c1[nH]c1ccccc31)CC(O)(CC)C2. The van der Waals surface area contributed by atoms with Crippen molar-refractivity contribution >= 4 is 40.6 Å². The Balaban J connectivity index is 1.04. The number of carbonyl (C=O) groups is 5. The average Bonchev–Trinajstić information content (AvgIpc) is 1.57. The zero-order valence-corrected chi connectivity index (χ0v) is 49.8. The molecule has 3 saturated heterocycles. The highest BCUT2D eigenvalue weighted by Crippen LogP contribution is 2.69. The van der Waals surface area contributed by atoms with Gasteiger partial charge < -0.3 is 69.4 Å². The van der Waals surface area contributed by atoms with Crippen molar-refractivity contribution in [3.05, 3.63) is 83.2 Å².